The first-order chi connectivity index (χ1) is 13.0. The first-order valence-corrected chi connectivity index (χ1v) is 8.42. The molecule has 27 heavy (non-hydrogen) atoms. The van der Waals surface area contributed by atoms with Gasteiger partial charge in [0, 0.05) is 11.6 Å². The predicted octanol–water partition coefficient (Wildman–Crippen LogP) is 3.07. The van der Waals surface area contributed by atoms with E-state index in [4.69, 9.17) is 14.2 Å². The number of carbonyl (C=O) groups excluding carboxylic acids is 2. The second-order valence-corrected chi connectivity index (χ2v) is 5.87. The van der Waals surface area contributed by atoms with Gasteiger partial charge in [-0.05, 0) is 44.2 Å². The minimum absolute atomic E-state index is 0.242. The highest BCUT2D eigenvalue weighted by molar-refractivity contribution is 6.11. The van der Waals surface area contributed by atoms with Crippen LogP contribution in [0.15, 0.2) is 36.4 Å². The molecule has 0 spiro atoms. The molecule has 0 fully saturated rings. The Morgan fingerprint density at radius 1 is 1.04 bits per heavy atom. The van der Waals surface area contributed by atoms with Gasteiger partial charge in [-0.25, -0.2) is 9.31 Å². The molecule has 0 aliphatic carbocycles. The molecule has 0 N–H and O–H groups in total. The van der Waals surface area contributed by atoms with Crippen LogP contribution in [0, 0.1) is 6.92 Å². The van der Waals surface area contributed by atoms with E-state index in [1.165, 1.54) is 24.8 Å². The van der Waals surface area contributed by atoms with Crippen LogP contribution < -0.4 is 9.47 Å². The Kier molecular flexibility index (Phi) is 5.12. The van der Waals surface area contributed by atoms with Gasteiger partial charge in [-0.3, -0.25) is 4.79 Å². The third kappa shape index (κ3) is 3.48. The number of aromatic nitrogens is 2. The van der Waals surface area contributed by atoms with Gasteiger partial charge in [-0.1, -0.05) is 0 Å². The van der Waals surface area contributed by atoms with E-state index < -0.39 is 5.97 Å². The van der Waals surface area contributed by atoms with Crippen LogP contribution in [0.25, 0.3) is 5.52 Å². The summed E-state index contributed by atoms with van der Waals surface area (Å²) in [7, 11) is 3.03. The molecule has 0 aliphatic rings. The minimum Gasteiger partial charge on any atom is -0.497 e. The van der Waals surface area contributed by atoms with Crippen molar-refractivity contribution in [3.05, 3.63) is 58.9 Å². The summed E-state index contributed by atoms with van der Waals surface area (Å²) in [5.41, 5.74) is 2.14. The van der Waals surface area contributed by atoms with Crippen LogP contribution in [0.3, 0.4) is 0 Å². The number of fused-ring (bicyclic) bond motifs is 1. The average molecular weight is 368 g/mol. The van der Waals surface area contributed by atoms with Crippen LogP contribution in [-0.4, -0.2) is 42.2 Å². The molecule has 0 atom stereocenters. The Balaban J connectivity index is 2.17. The molecule has 7 heteroatoms. The molecular formula is C20H20N2O5. The zero-order valence-corrected chi connectivity index (χ0v) is 15.6. The number of carbonyl (C=O) groups is 2. The minimum atomic E-state index is -0.497. The molecule has 0 saturated heterocycles. The van der Waals surface area contributed by atoms with Crippen molar-refractivity contribution in [1.82, 2.24) is 9.61 Å². The van der Waals surface area contributed by atoms with Crippen LogP contribution in [0.4, 0.5) is 0 Å². The molecule has 3 aromatic rings. The zero-order valence-electron chi connectivity index (χ0n) is 15.6. The Morgan fingerprint density at radius 2 is 1.70 bits per heavy atom. The highest BCUT2D eigenvalue weighted by Crippen LogP contribution is 2.26. The van der Waals surface area contributed by atoms with Gasteiger partial charge < -0.3 is 14.2 Å². The van der Waals surface area contributed by atoms with Crippen molar-refractivity contribution in [3.8, 4) is 11.5 Å². The summed E-state index contributed by atoms with van der Waals surface area (Å²) in [6, 6.07) is 9.94. The standard InChI is InChI=1S/C20H20N2O5/c1-5-27-20(24)16-11-18(22-17(16)7-6-12(2)21-22)19(23)13-8-14(25-3)10-15(9-13)26-4/h6-11H,5H2,1-4H3. The number of methoxy groups -OCH3 is 2. The number of ether oxygens (including phenoxy) is 3. The van der Waals surface area contributed by atoms with Crippen molar-refractivity contribution in [2.45, 2.75) is 13.8 Å². The number of nitrogens with zero attached hydrogens (tertiary/aromatic N) is 2. The molecule has 2 heterocycles. The van der Waals surface area contributed by atoms with Crippen molar-refractivity contribution in [3.63, 3.8) is 0 Å². The van der Waals surface area contributed by atoms with E-state index in [0.717, 1.165) is 0 Å². The maximum Gasteiger partial charge on any atom is 0.340 e. The van der Waals surface area contributed by atoms with Crippen molar-refractivity contribution < 1.29 is 23.8 Å². The van der Waals surface area contributed by atoms with Gasteiger partial charge in [0.15, 0.2) is 0 Å². The van der Waals surface area contributed by atoms with Gasteiger partial charge in [0.05, 0.1) is 37.6 Å². The Morgan fingerprint density at radius 3 is 2.30 bits per heavy atom. The molecule has 140 valence electrons. The molecule has 0 radical (unpaired) electrons. The fraction of sp³-hybridized carbons (Fsp3) is 0.250. The first-order valence-electron chi connectivity index (χ1n) is 8.42. The van der Waals surface area contributed by atoms with Crippen LogP contribution in [0.5, 0.6) is 11.5 Å². The molecule has 2 aromatic heterocycles. The third-order valence-electron chi connectivity index (χ3n) is 4.10. The Labute approximate surface area is 156 Å². The number of aryl methyl sites for hydroxylation is 1. The summed E-state index contributed by atoms with van der Waals surface area (Å²) >= 11 is 0. The quantitative estimate of drug-likeness (QED) is 0.491. The molecular weight excluding hydrogens is 348 g/mol. The van der Waals surface area contributed by atoms with Crippen LogP contribution in [0.1, 0.15) is 39.0 Å². The lowest BCUT2D eigenvalue weighted by Gasteiger charge is -2.08. The highest BCUT2D eigenvalue weighted by Gasteiger charge is 2.23. The largest absolute Gasteiger partial charge is 0.497 e. The van der Waals surface area contributed by atoms with Crippen LogP contribution >= 0.6 is 0 Å². The lowest BCUT2D eigenvalue weighted by molar-refractivity contribution is 0.0528. The highest BCUT2D eigenvalue weighted by atomic mass is 16.5. The van der Waals surface area contributed by atoms with Crippen molar-refractivity contribution in [2.24, 2.45) is 0 Å². The molecule has 0 amide bonds. The lowest BCUT2D eigenvalue weighted by Crippen LogP contribution is -2.08. The van der Waals surface area contributed by atoms with Crippen LogP contribution in [0.2, 0.25) is 0 Å². The number of ketones is 1. The SMILES string of the molecule is CCOC(=O)c1cc(C(=O)c2cc(OC)cc(OC)c2)n2nc(C)ccc12. The first kappa shape index (κ1) is 18.4. The summed E-state index contributed by atoms with van der Waals surface area (Å²) < 4.78 is 17.0. The topological polar surface area (TPSA) is 79.1 Å². The number of rotatable bonds is 6. The van der Waals surface area contributed by atoms with E-state index >= 15 is 0 Å². The maximum absolute atomic E-state index is 13.2. The smallest absolute Gasteiger partial charge is 0.340 e. The number of hydrogen-bond donors (Lipinski definition) is 0. The molecule has 0 aliphatic heterocycles. The zero-order chi connectivity index (χ0) is 19.6. The summed E-state index contributed by atoms with van der Waals surface area (Å²) in [6.07, 6.45) is 0. The van der Waals surface area contributed by atoms with Gasteiger partial charge in [0.1, 0.15) is 17.2 Å². The fourth-order valence-electron chi connectivity index (χ4n) is 2.79. The molecule has 0 saturated carbocycles. The molecule has 1 aromatic carbocycles. The van der Waals surface area contributed by atoms with E-state index in [-0.39, 0.29) is 18.1 Å². The van der Waals surface area contributed by atoms with E-state index in [0.29, 0.717) is 33.8 Å². The van der Waals surface area contributed by atoms with Gasteiger partial charge in [0.2, 0.25) is 5.78 Å². The molecule has 7 nitrogen and oxygen atoms in total. The van der Waals surface area contributed by atoms with Crippen LogP contribution in [-0.2, 0) is 4.74 Å². The van der Waals surface area contributed by atoms with E-state index in [1.54, 1.807) is 37.3 Å². The number of hydrogen-bond acceptors (Lipinski definition) is 6. The van der Waals surface area contributed by atoms with Gasteiger partial charge in [0.25, 0.3) is 0 Å². The Bertz CT molecular complexity index is 1000. The summed E-state index contributed by atoms with van der Waals surface area (Å²) in [5, 5.41) is 4.40. The van der Waals surface area contributed by atoms with Gasteiger partial charge >= 0.3 is 5.97 Å². The maximum atomic E-state index is 13.2. The summed E-state index contributed by atoms with van der Waals surface area (Å²) in [6.45, 7) is 3.78. The monoisotopic (exact) mass is 368 g/mol. The third-order valence-corrected chi connectivity index (χ3v) is 4.10. The second-order valence-electron chi connectivity index (χ2n) is 5.87. The van der Waals surface area contributed by atoms with Crippen molar-refractivity contribution in [1.29, 1.82) is 0 Å². The molecule has 0 bridgehead atoms. The number of benzene rings is 1. The predicted molar refractivity (Wildman–Crippen MR) is 98.9 cm³/mol. The Hall–Kier alpha value is -3.35. The second kappa shape index (κ2) is 7.49. The van der Waals surface area contributed by atoms with E-state index in [2.05, 4.69) is 5.10 Å². The molecule has 3 rings (SSSR count). The van der Waals surface area contributed by atoms with Gasteiger partial charge in [-0.2, -0.15) is 5.10 Å². The normalized spacial score (nSPS) is 10.7. The number of esters is 1. The molecule has 0 unspecified atom stereocenters. The fourth-order valence-corrected chi connectivity index (χ4v) is 2.79. The van der Waals surface area contributed by atoms with Crippen molar-refractivity contribution >= 4 is 17.3 Å². The summed E-state index contributed by atoms with van der Waals surface area (Å²) in [4.78, 5) is 25.5. The summed E-state index contributed by atoms with van der Waals surface area (Å²) in [5.74, 6) is 0.181. The van der Waals surface area contributed by atoms with E-state index in [1.807, 2.05) is 6.92 Å². The lowest BCUT2D eigenvalue weighted by atomic mass is 10.1. The average Bonchev–Trinajstić information content (AvgIpc) is 3.05. The van der Waals surface area contributed by atoms with Crippen molar-refractivity contribution in [2.75, 3.05) is 20.8 Å². The van der Waals surface area contributed by atoms with E-state index in [9.17, 15) is 9.59 Å². The van der Waals surface area contributed by atoms with Gasteiger partial charge in [-0.15, -0.1) is 0 Å².